The van der Waals surface area contributed by atoms with E-state index in [4.69, 9.17) is 0 Å². The first-order valence-electron chi connectivity index (χ1n) is 19.1. The number of rotatable bonds is 34. The molecule has 0 aliphatic carbocycles. The smallest absolute Gasteiger partial charge is 0.00489 e. The monoisotopic (exact) mass is 729 g/mol. The predicted molar refractivity (Wildman–Crippen MR) is 209 cm³/mol. The second kappa shape index (κ2) is 54.4. The number of hydrogen-bond acceptors (Lipinski definition) is 2. The van der Waals surface area contributed by atoms with Gasteiger partial charge in [0.1, 0.15) is 0 Å². The summed E-state index contributed by atoms with van der Waals surface area (Å²) in [6, 6.07) is 0. The lowest BCUT2D eigenvalue weighted by Crippen LogP contribution is -2.16. The highest BCUT2D eigenvalue weighted by Gasteiger charge is 1.97. The quantitative estimate of drug-likeness (QED) is 0.0648. The lowest BCUT2D eigenvalue weighted by atomic mass is 10.0. The summed E-state index contributed by atoms with van der Waals surface area (Å²) in [7, 11) is 0. The third-order valence-electron chi connectivity index (χ3n) is 8.41. The highest BCUT2D eigenvalue weighted by molar-refractivity contribution is 8.93. The molecule has 0 aromatic carbocycles. The maximum absolute atomic E-state index is 3.68. The third-order valence-corrected chi connectivity index (χ3v) is 8.41. The molecule has 42 heavy (non-hydrogen) atoms. The van der Waals surface area contributed by atoms with E-state index in [0.717, 1.165) is 0 Å². The van der Waals surface area contributed by atoms with E-state index in [2.05, 4.69) is 19.2 Å². The van der Waals surface area contributed by atoms with Gasteiger partial charge in [-0.2, -0.15) is 0 Å². The van der Waals surface area contributed by atoms with Crippen molar-refractivity contribution in [2.75, 3.05) is 13.1 Å². The van der Waals surface area contributed by atoms with Gasteiger partial charge in [-0.25, -0.2) is 0 Å². The van der Waals surface area contributed by atoms with Crippen molar-refractivity contribution < 1.29 is 0 Å². The van der Waals surface area contributed by atoms with Crippen LogP contribution in [0.2, 0.25) is 0 Å². The first-order chi connectivity index (χ1) is 19.4. The molecule has 4 heteroatoms. The van der Waals surface area contributed by atoms with Crippen molar-refractivity contribution in [2.24, 2.45) is 0 Å². The molecule has 0 radical (unpaired) electrons. The molecule has 0 unspecified atom stereocenters. The summed E-state index contributed by atoms with van der Waals surface area (Å²) >= 11 is 0. The van der Waals surface area contributed by atoms with Crippen LogP contribution in [0.4, 0.5) is 0 Å². The van der Waals surface area contributed by atoms with Crippen LogP contribution in [0, 0.1) is 0 Å². The fourth-order valence-electron chi connectivity index (χ4n) is 5.72. The van der Waals surface area contributed by atoms with Gasteiger partial charge in [-0.1, -0.05) is 220 Å². The molecule has 2 nitrogen and oxygen atoms in total. The fourth-order valence-corrected chi connectivity index (χ4v) is 5.72. The molecular formula is C38H86Br2N2. The van der Waals surface area contributed by atoms with Gasteiger partial charge in [-0.3, -0.25) is 0 Å². The Morgan fingerprint density at radius 1 is 0.262 bits per heavy atom. The Balaban J connectivity index is -0.000000891. The van der Waals surface area contributed by atoms with Crippen LogP contribution in [0.5, 0.6) is 0 Å². The van der Waals surface area contributed by atoms with Crippen LogP contribution in [0.1, 0.15) is 233 Å². The van der Waals surface area contributed by atoms with Crippen LogP contribution in [0.3, 0.4) is 0 Å². The largest absolute Gasteiger partial charge is 0.344 e. The Bertz CT molecular complexity index is 348. The molecule has 0 aliphatic rings. The molecule has 0 aliphatic heterocycles. The molecule has 0 amide bonds. The molecule has 0 fully saturated rings. The maximum atomic E-state index is 3.68. The molecule has 0 atom stereocenters. The van der Waals surface area contributed by atoms with Crippen molar-refractivity contribution in [3.8, 4) is 0 Å². The zero-order chi connectivity index (χ0) is 28.7. The van der Waals surface area contributed by atoms with Gasteiger partial charge in [0.15, 0.2) is 0 Å². The van der Waals surface area contributed by atoms with Gasteiger partial charge >= 0.3 is 0 Å². The van der Waals surface area contributed by atoms with E-state index in [1.165, 1.54) is 219 Å². The summed E-state index contributed by atoms with van der Waals surface area (Å²) in [5, 5.41) is 3.68. The minimum Gasteiger partial charge on any atom is -0.344 e. The van der Waals surface area contributed by atoms with Crippen molar-refractivity contribution >= 4 is 34.0 Å². The normalized spacial score (nSPS) is 10.3. The van der Waals surface area contributed by atoms with Gasteiger partial charge in [0, 0.05) is 0 Å². The first kappa shape index (κ1) is 52.4. The van der Waals surface area contributed by atoms with E-state index in [1.807, 2.05) is 13.8 Å². The highest BCUT2D eigenvalue weighted by atomic mass is 79.9. The Morgan fingerprint density at radius 3 is 0.571 bits per heavy atom. The molecule has 0 aromatic rings. The summed E-state index contributed by atoms with van der Waals surface area (Å²) in [4.78, 5) is 0. The van der Waals surface area contributed by atoms with Crippen LogP contribution in [0.15, 0.2) is 0 Å². The van der Waals surface area contributed by atoms with E-state index in [9.17, 15) is 0 Å². The second-order valence-electron chi connectivity index (χ2n) is 12.4. The molecule has 262 valence electrons. The topological polar surface area (TPSA) is 47.0 Å². The summed E-state index contributed by atoms with van der Waals surface area (Å²) in [5.74, 6) is 0. The summed E-state index contributed by atoms with van der Waals surface area (Å²) < 4.78 is 0. The molecule has 4 N–H and O–H groups in total. The number of hydrogen-bond donors (Lipinski definition) is 2. The lowest BCUT2D eigenvalue weighted by molar-refractivity contribution is 0.515. The standard InChI is InChI=1S/C36H75N.C2H6.2BrH.H3N/c1-3-5-7-9-11-13-15-17-19-21-23-25-27-29-31-33-35-37-36-34-32-30-28-26-24-22-20-18-16-14-12-10-8-6-4-2;1-2;;;/h37H,3-36H2,1-2H3;1-2H3;2*1H;1H3. The maximum Gasteiger partial charge on any atom is -0.00489 e. The van der Waals surface area contributed by atoms with Gasteiger partial charge in [0.05, 0.1) is 0 Å². The number of halogens is 2. The molecule has 0 aromatic heterocycles. The fraction of sp³-hybridized carbons (Fsp3) is 1.00. The zero-order valence-electron chi connectivity index (χ0n) is 30.1. The minimum absolute atomic E-state index is 0. The summed E-state index contributed by atoms with van der Waals surface area (Å²) in [6.07, 6.45) is 46.7. The van der Waals surface area contributed by atoms with Crippen LogP contribution >= 0.6 is 34.0 Å². The first-order valence-corrected chi connectivity index (χ1v) is 19.1. The molecule has 0 saturated carbocycles. The van der Waals surface area contributed by atoms with Crippen LogP contribution < -0.4 is 11.5 Å². The Morgan fingerprint density at radius 2 is 0.405 bits per heavy atom. The Kier molecular flexibility index (Phi) is 67.8. The van der Waals surface area contributed by atoms with Crippen LogP contribution in [-0.4, -0.2) is 13.1 Å². The van der Waals surface area contributed by atoms with Crippen molar-refractivity contribution in [2.45, 2.75) is 233 Å². The number of nitrogens with one attached hydrogen (secondary N) is 1. The molecule has 0 saturated heterocycles. The summed E-state index contributed by atoms with van der Waals surface area (Å²) in [6.45, 7) is 11.1. The second-order valence-corrected chi connectivity index (χ2v) is 12.4. The third kappa shape index (κ3) is 53.4. The van der Waals surface area contributed by atoms with Crippen molar-refractivity contribution in [1.29, 1.82) is 0 Å². The van der Waals surface area contributed by atoms with E-state index in [0.29, 0.717) is 0 Å². The average Bonchev–Trinajstić information content (AvgIpc) is 2.96. The van der Waals surface area contributed by atoms with Crippen molar-refractivity contribution in [1.82, 2.24) is 11.5 Å². The van der Waals surface area contributed by atoms with Crippen LogP contribution in [0.25, 0.3) is 0 Å². The van der Waals surface area contributed by atoms with Crippen molar-refractivity contribution in [3.05, 3.63) is 0 Å². The molecule has 0 rings (SSSR count). The average molecular weight is 731 g/mol. The molecule has 0 bridgehead atoms. The lowest BCUT2D eigenvalue weighted by Gasteiger charge is -2.06. The van der Waals surface area contributed by atoms with Gasteiger partial charge in [0.2, 0.25) is 0 Å². The van der Waals surface area contributed by atoms with Gasteiger partial charge < -0.3 is 11.5 Å². The Labute approximate surface area is 290 Å². The predicted octanol–water partition coefficient (Wildman–Crippen LogP) is 15.4. The molecule has 0 spiro atoms. The van der Waals surface area contributed by atoms with Crippen LogP contribution in [-0.2, 0) is 0 Å². The van der Waals surface area contributed by atoms with E-state index in [-0.39, 0.29) is 40.1 Å². The van der Waals surface area contributed by atoms with Gasteiger partial charge in [-0.15, -0.1) is 34.0 Å². The van der Waals surface area contributed by atoms with Gasteiger partial charge in [-0.05, 0) is 25.9 Å². The van der Waals surface area contributed by atoms with E-state index >= 15 is 0 Å². The Hall–Kier alpha value is 0.880. The van der Waals surface area contributed by atoms with E-state index < -0.39 is 0 Å². The number of unbranched alkanes of at least 4 members (excludes halogenated alkanes) is 30. The van der Waals surface area contributed by atoms with Gasteiger partial charge in [0.25, 0.3) is 0 Å². The molecule has 0 heterocycles. The van der Waals surface area contributed by atoms with Crippen molar-refractivity contribution in [3.63, 3.8) is 0 Å². The SMILES string of the molecule is Br.Br.CC.CCCCCCCCCCCCCCCCCCNCCCCCCCCCCCCCCCCCC.N. The molecular weight excluding hydrogens is 644 g/mol. The highest BCUT2D eigenvalue weighted by Crippen LogP contribution is 2.15. The van der Waals surface area contributed by atoms with E-state index in [1.54, 1.807) is 0 Å². The summed E-state index contributed by atoms with van der Waals surface area (Å²) in [5.41, 5.74) is 0. The zero-order valence-corrected chi connectivity index (χ0v) is 33.5. The minimum atomic E-state index is 0.